The summed E-state index contributed by atoms with van der Waals surface area (Å²) < 4.78 is 55.6. The number of likely N-dealkylation sites (tertiary alicyclic amines) is 1. The van der Waals surface area contributed by atoms with Crippen molar-refractivity contribution in [2.24, 2.45) is 5.73 Å². The van der Waals surface area contributed by atoms with Gasteiger partial charge in [0.05, 0.1) is 6.61 Å². The molecular formula is C27H31F3N6O4. The number of aromatic nitrogens is 4. The van der Waals surface area contributed by atoms with Gasteiger partial charge in [0.15, 0.2) is 11.5 Å². The Morgan fingerprint density at radius 3 is 2.58 bits per heavy atom. The second-order valence-electron chi connectivity index (χ2n) is 10.1. The normalized spacial score (nSPS) is 17.0. The van der Waals surface area contributed by atoms with Crippen LogP contribution in [0.15, 0.2) is 48.7 Å². The van der Waals surface area contributed by atoms with Crippen LogP contribution in [-0.2, 0) is 9.53 Å². The molecule has 1 aromatic carbocycles. The van der Waals surface area contributed by atoms with E-state index in [-0.39, 0.29) is 31.2 Å². The lowest BCUT2D eigenvalue weighted by Gasteiger charge is -2.30. The SMILES string of the molecule is COCC(C)(C)Oc1cccc2ccc(-c3nnc4ccc([C@@H](N5CC[C@H](N)C5)C(F)(F)F)cn34)nc12.O=CO. The molecule has 5 rings (SSSR count). The van der Waals surface area contributed by atoms with E-state index in [4.69, 9.17) is 30.1 Å². The minimum atomic E-state index is -4.46. The molecule has 0 saturated carbocycles. The van der Waals surface area contributed by atoms with Gasteiger partial charge in [0.1, 0.15) is 28.6 Å². The fourth-order valence-corrected chi connectivity index (χ4v) is 4.90. The minimum Gasteiger partial charge on any atom is -0.483 e. The molecule has 1 aliphatic rings. The van der Waals surface area contributed by atoms with Gasteiger partial charge in [0, 0.05) is 37.8 Å². The molecule has 0 unspecified atom stereocenters. The van der Waals surface area contributed by atoms with E-state index in [2.05, 4.69) is 10.2 Å². The number of alkyl halides is 3. The van der Waals surface area contributed by atoms with Crippen LogP contribution in [0.4, 0.5) is 13.2 Å². The monoisotopic (exact) mass is 560 g/mol. The first-order chi connectivity index (χ1) is 19.0. The van der Waals surface area contributed by atoms with Crippen LogP contribution in [0.1, 0.15) is 31.9 Å². The molecule has 2 atom stereocenters. The van der Waals surface area contributed by atoms with Crippen molar-refractivity contribution in [1.29, 1.82) is 0 Å². The number of fused-ring (bicyclic) bond motifs is 2. The maximum Gasteiger partial charge on any atom is 0.408 e. The molecule has 4 heterocycles. The maximum atomic E-state index is 14.2. The zero-order valence-corrected chi connectivity index (χ0v) is 22.3. The lowest BCUT2D eigenvalue weighted by atomic mass is 10.1. The lowest BCUT2D eigenvalue weighted by molar-refractivity contribution is -0.183. The van der Waals surface area contributed by atoms with Crippen LogP contribution < -0.4 is 10.5 Å². The minimum absolute atomic E-state index is 0.0984. The summed E-state index contributed by atoms with van der Waals surface area (Å²) in [5.41, 5.74) is 6.91. The number of methoxy groups -OCH3 is 1. The summed E-state index contributed by atoms with van der Waals surface area (Å²) in [6.45, 7) is 4.43. The summed E-state index contributed by atoms with van der Waals surface area (Å²) in [6.07, 6.45) is -2.49. The summed E-state index contributed by atoms with van der Waals surface area (Å²) in [6, 6.07) is 10.2. The zero-order valence-electron chi connectivity index (χ0n) is 22.3. The first kappa shape index (κ1) is 29.2. The van der Waals surface area contributed by atoms with E-state index in [1.54, 1.807) is 23.6 Å². The Kier molecular flexibility index (Phi) is 8.57. The Morgan fingerprint density at radius 2 is 1.93 bits per heavy atom. The summed E-state index contributed by atoms with van der Waals surface area (Å²) in [5, 5.41) is 16.2. The van der Waals surface area contributed by atoms with Crippen LogP contribution in [0.5, 0.6) is 5.75 Å². The van der Waals surface area contributed by atoms with Crippen LogP contribution >= 0.6 is 0 Å². The zero-order chi connectivity index (χ0) is 29.1. The number of benzene rings is 1. The molecule has 0 radical (unpaired) electrons. The van der Waals surface area contributed by atoms with E-state index in [9.17, 15) is 13.2 Å². The van der Waals surface area contributed by atoms with Crippen molar-refractivity contribution in [3.8, 4) is 17.3 Å². The van der Waals surface area contributed by atoms with Crippen molar-refractivity contribution in [2.75, 3.05) is 26.8 Å². The highest BCUT2D eigenvalue weighted by atomic mass is 19.4. The van der Waals surface area contributed by atoms with Gasteiger partial charge in [-0.3, -0.25) is 14.1 Å². The van der Waals surface area contributed by atoms with E-state index in [0.717, 1.165) is 5.39 Å². The summed E-state index contributed by atoms with van der Waals surface area (Å²) in [5.74, 6) is 0.905. The summed E-state index contributed by atoms with van der Waals surface area (Å²) in [4.78, 5) is 14.5. The Morgan fingerprint density at radius 1 is 1.18 bits per heavy atom. The molecule has 1 aliphatic heterocycles. The molecule has 0 amide bonds. The predicted molar refractivity (Wildman–Crippen MR) is 142 cm³/mol. The molecule has 1 saturated heterocycles. The first-order valence-electron chi connectivity index (χ1n) is 12.5. The van der Waals surface area contributed by atoms with E-state index >= 15 is 0 Å². The van der Waals surface area contributed by atoms with E-state index < -0.39 is 17.8 Å². The van der Waals surface area contributed by atoms with Crippen molar-refractivity contribution < 1.29 is 32.5 Å². The average molecular weight is 561 g/mol. The van der Waals surface area contributed by atoms with Crippen molar-refractivity contribution in [2.45, 2.75) is 44.1 Å². The van der Waals surface area contributed by atoms with E-state index in [0.29, 0.717) is 41.5 Å². The number of hydrogen-bond donors (Lipinski definition) is 2. The number of pyridine rings is 2. The highest BCUT2D eigenvalue weighted by Crippen LogP contribution is 2.39. The van der Waals surface area contributed by atoms with Gasteiger partial charge in [-0.25, -0.2) is 4.98 Å². The molecule has 3 N–H and O–H groups in total. The lowest BCUT2D eigenvalue weighted by Crippen LogP contribution is -2.38. The Balaban J connectivity index is 0.00000118. The van der Waals surface area contributed by atoms with Crippen LogP contribution in [0, 0.1) is 0 Å². The number of nitrogens with zero attached hydrogens (tertiary/aromatic N) is 5. The van der Waals surface area contributed by atoms with Crippen molar-refractivity contribution in [3.05, 3.63) is 54.2 Å². The largest absolute Gasteiger partial charge is 0.483 e. The van der Waals surface area contributed by atoms with Crippen LogP contribution in [0.3, 0.4) is 0 Å². The van der Waals surface area contributed by atoms with Gasteiger partial charge >= 0.3 is 6.18 Å². The van der Waals surface area contributed by atoms with Crippen molar-refractivity contribution in [3.63, 3.8) is 0 Å². The van der Waals surface area contributed by atoms with Gasteiger partial charge in [-0.05, 0) is 44.0 Å². The molecule has 1 fully saturated rings. The molecule has 0 aliphatic carbocycles. The van der Waals surface area contributed by atoms with E-state index in [1.165, 1.54) is 17.2 Å². The number of carboxylic acid groups (broad SMARTS) is 1. The number of nitrogens with two attached hydrogens (primary N) is 1. The molecule has 4 aromatic rings. The first-order valence-corrected chi connectivity index (χ1v) is 12.5. The standard InChI is InChI=1S/C26H29F3N6O2.CH2O2/c1-25(2,15-36-3)37-20-6-4-5-16-7-9-19(31-22(16)20)24-33-32-21-10-8-17(13-35(21)24)23(26(27,28)29)34-12-11-18(30)14-34;2-1-3/h4-10,13,18,23H,11-12,14-15,30H2,1-3H3;1H,(H,2,3)/t18-,23+;/m0./s1. The number of carbonyl (C=O) groups is 1. The number of rotatable bonds is 7. The van der Waals surface area contributed by atoms with E-state index in [1.807, 2.05) is 38.1 Å². The fraction of sp³-hybridized carbons (Fsp3) is 0.407. The Hall–Kier alpha value is -3.81. The van der Waals surface area contributed by atoms with Gasteiger partial charge in [0.25, 0.3) is 6.47 Å². The molecule has 13 heteroatoms. The smallest absolute Gasteiger partial charge is 0.408 e. The number of hydrogen-bond acceptors (Lipinski definition) is 8. The van der Waals surface area contributed by atoms with Gasteiger partial charge in [-0.2, -0.15) is 13.2 Å². The van der Waals surface area contributed by atoms with Crippen LogP contribution in [0.25, 0.3) is 28.1 Å². The molecule has 0 bridgehead atoms. The van der Waals surface area contributed by atoms with Crippen molar-refractivity contribution in [1.82, 2.24) is 24.5 Å². The highest BCUT2D eigenvalue weighted by Gasteiger charge is 2.46. The molecule has 214 valence electrons. The number of halogens is 3. The predicted octanol–water partition coefficient (Wildman–Crippen LogP) is 4.09. The summed E-state index contributed by atoms with van der Waals surface area (Å²) >= 11 is 0. The molecule has 0 spiro atoms. The topological polar surface area (TPSA) is 128 Å². The van der Waals surface area contributed by atoms with Crippen LogP contribution in [-0.4, -0.2) is 80.7 Å². The van der Waals surface area contributed by atoms with Gasteiger partial charge in [-0.1, -0.05) is 24.3 Å². The third kappa shape index (κ3) is 6.32. The maximum absolute atomic E-state index is 14.2. The number of ether oxygens (including phenoxy) is 2. The Bertz CT molecular complexity index is 1480. The second-order valence-corrected chi connectivity index (χ2v) is 10.1. The van der Waals surface area contributed by atoms with Gasteiger partial charge in [-0.15, -0.1) is 10.2 Å². The third-order valence-corrected chi connectivity index (χ3v) is 6.46. The van der Waals surface area contributed by atoms with Gasteiger partial charge in [0.2, 0.25) is 0 Å². The second kappa shape index (κ2) is 11.7. The molecule has 3 aromatic heterocycles. The molecular weight excluding hydrogens is 529 g/mol. The molecule has 40 heavy (non-hydrogen) atoms. The van der Waals surface area contributed by atoms with Crippen LogP contribution in [0.2, 0.25) is 0 Å². The number of para-hydroxylation sites is 1. The van der Waals surface area contributed by atoms with Crippen molar-refractivity contribution >= 4 is 23.0 Å². The highest BCUT2D eigenvalue weighted by molar-refractivity contribution is 5.86. The average Bonchev–Trinajstić information content (AvgIpc) is 3.49. The third-order valence-electron chi connectivity index (χ3n) is 6.46. The molecule has 10 nitrogen and oxygen atoms in total. The fourth-order valence-electron chi connectivity index (χ4n) is 4.90. The quantitative estimate of drug-likeness (QED) is 0.321. The Labute approximate surface area is 228 Å². The summed E-state index contributed by atoms with van der Waals surface area (Å²) in [7, 11) is 1.61. The van der Waals surface area contributed by atoms with Gasteiger partial charge < -0.3 is 20.3 Å².